The molecule has 0 bridgehead atoms. The summed E-state index contributed by atoms with van der Waals surface area (Å²) in [6, 6.07) is 5.94. The van der Waals surface area contributed by atoms with Gasteiger partial charge in [0, 0.05) is 31.6 Å². The van der Waals surface area contributed by atoms with Crippen molar-refractivity contribution in [2.45, 2.75) is 26.4 Å². The first-order valence-electron chi connectivity index (χ1n) is 10.7. The van der Waals surface area contributed by atoms with Crippen molar-refractivity contribution in [3.05, 3.63) is 59.2 Å². The Balaban J connectivity index is 1.60. The number of morpholine rings is 1. The highest BCUT2D eigenvalue weighted by atomic mass is 19.1. The standard InChI is InChI=1S/C23H21F2N5O4/c1-12-3-4-30-18(10-15-11-29(23(31)32)5-6-33-15)21(26-19(30)7-12)20-16(24)8-14(9-17(20)25)22-28-27-13(2)34-22/h3-4,7-9,15H,5-6,10-11H2,1-2H3,(H,31,32). The third-order valence-corrected chi connectivity index (χ3v) is 5.76. The molecule has 34 heavy (non-hydrogen) atoms. The summed E-state index contributed by atoms with van der Waals surface area (Å²) in [7, 11) is 0. The molecule has 9 nitrogen and oxygen atoms in total. The maximum atomic E-state index is 15.3. The number of ether oxygens (including phenoxy) is 1. The van der Waals surface area contributed by atoms with Gasteiger partial charge in [0.15, 0.2) is 0 Å². The van der Waals surface area contributed by atoms with Gasteiger partial charge in [-0.25, -0.2) is 18.6 Å². The third-order valence-electron chi connectivity index (χ3n) is 5.76. The molecule has 0 aliphatic carbocycles. The van der Waals surface area contributed by atoms with Gasteiger partial charge in [-0.1, -0.05) is 0 Å². The minimum absolute atomic E-state index is 0.0112. The minimum Gasteiger partial charge on any atom is -0.465 e. The Kier molecular flexibility index (Phi) is 5.48. The van der Waals surface area contributed by atoms with E-state index < -0.39 is 23.8 Å². The van der Waals surface area contributed by atoms with E-state index in [1.165, 1.54) is 4.90 Å². The highest BCUT2D eigenvalue weighted by Crippen LogP contribution is 2.34. The molecule has 5 rings (SSSR count). The zero-order chi connectivity index (χ0) is 24.0. The Hall–Kier alpha value is -3.86. The van der Waals surface area contributed by atoms with E-state index in [0.29, 0.717) is 11.3 Å². The van der Waals surface area contributed by atoms with E-state index in [9.17, 15) is 9.90 Å². The molecule has 1 atom stereocenters. The summed E-state index contributed by atoms with van der Waals surface area (Å²) in [4.78, 5) is 17.2. The molecule has 1 fully saturated rings. The van der Waals surface area contributed by atoms with E-state index >= 15 is 8.78 Å². The maximum absolute atomic E-state index is 15.3. The summed E-state index contributed by atoms with van der Waals surface area (Å²) in [5.74, 6) is -1.37. The van der Waals surface area contributed by atoms with Crippen molar-refractivity contribution in [1.29, 1.82) is 0 Å². The van der Waals surface area contributed by atoms with E-state index in [2.05, 4.69) is 15.2 Å². The van der Waals surface area contributed by atoms with Gasteiger partial charge >= 0.3 is 6.09 Å². The second-order valence-electron chi connectivity index (χ2n) is 8.21. The Morgan fingerprint density at radius 2 is 1.97 bits per heavy atom. The van der Waals surface area contributed by atoms with Crippen LogP contribution in [0.25, 0.3) is 28.4 Å². The summed E-state index contributed by atoms with van der Waals surface area (Å²) < 4.78 is 43.5. The normalized spacial score (nSPS) is 16.4. The Bertz CT molecular complexity index is 1380. The molecular formula is C23H21F2N5O4. The molecule has 3 aromatic heterocycles. The number of halogens is 2. The summed E-state index contributed by atoms with van der Waals surface area (Å²) >= 11 is 0. The van der Waals surface area contributed by atoms with E-state index in [1.54, 1.807) is 17.5 Å². The molecule has 11 heteroatoms. The Labute approximate surface area is 192 Å². The predicted molar refractivity (Wildman–Crippen MR) is 116 cm³/mol. The molecule has 4 aromatic rings. The van der Waals surface area contributed by atoms with Crippen molar-refractivity contribution < 1.29 is 27.8 Å². The van der Waals surface area contributed by atoms with Crippen molar-refractivity contribution >= 4 is 11.7 Å². The molecule has 1 aromatic carbocycles. The van der Waals surface area contributed by atoms with Crippen LogP contribution in [0.2, 0.25) is 0 Å². The summed E-state index contributed by atoms with van der Waals surface area (Å²) in [6.45, 7) is 4.13. The fraction of sp³-hybridized carbons (Fsp3) is 0.304. The number of fused-ring (bicyclic) bond motifs is 1. The van der Waals surface area contributed by atoms with Gasteiger partial charge in [0.1, 0.15) is 17.3 Å². The van der Waals surface area contributed by atoms with Gasteiger partial charge in [-0.05, 0) is 36.8 Å². The van der Waals surface area contributed by atoms with Gasteiger partial charge in [-0.3, -0.25) is 0 Å². The number of pyridine rings is 1. The number of benzene rings is 1. The van der Waals surface area contributed by atoms with Crippen LogP contribution in [0.4, 0.5) is 13.6 Å². The average Bonchev–Trinajstić information content (AvgIpc) is 3.37. The monoisotopic (exact) mass is 469 g/mol. The minimum atomic E-state index is -1.04. The maximum Gasteiger partial charge on any atom is 0.407 e. The first-order valence-corrected chi connectivity index (χ1v) is 10.7. The second-order valence-corrected chi connectivity index (χ2v) is 8.21. The molecule has 1 amide bonds. The van der Waals surface area contributed by atoms with Crippen LogP contribution in [0.1, 0.15) is 17.1 Å². The second kappa shape index (κ2) is 8.49. The number of aromatic nitrogens is 4. The first kappa shape index (κ1) is 22.0. The lowest BCUT2D eigenvalue weighted by molar-refractivity contribution is -0.0214. The average molecular weight is 469 g/mol. The van der Waals surface area contributed by atoms with Crippen LogP contribution >= 0.6 is 0 Å². The van der Waals surface area contributed by atoms with Gasteiger partial charge in [-0.2, -0.15) is 0 Å². The quantitative estimate of drug-likeness (QED) is 0.484. The first-order chi connectivity index (χ1) is 16.3. The van der Waals surface area contributed by atoms with Crippen LogP contribution < -0.4 is 0 Å². The number of nitrogens with zero attached hydrogens (tertiary/aromatic N) is 5. The zero-order valence-corrected chi connectivity index (χ0v) is 18.5. The van der Waals surface area contributed by atoms with E-state index in [0.717, 1.165) is 17.7 Å². The van der Waals surface area contributed by atoms with Gasteiger partial charge in [-0.15, -0.1) is 10.2 Å². The Morgan fingerprint density at radius 1 is 1.21 bits per heavy atom. The van der Waals surface area contributed by atoms with Gasteiger partial charge in [0.25, 0.3) is 0 Å². The number of amides is 1. The number of imidazole rings is 1. The lowest BCUT2D eigenvalue weighted by Crippen LogP contribution is -2.45. The molecule has 176 valence electrons. The molecule has 0 radical (unpaired) electrons. The van der Waals surface area contributed by atoms with Crippen molar-refractivity contribution in [2.24, 2.45) is 0 Å². The highest BCUT2D eigenvalue weighted by Gasteiger charge is 2.29. The molecule has 1 aliphatic rings. The molecule has 1 saturated heterocycles. The van der Waals surface area contributed by atoms with Crippen molar-refractivity contribution in [2.75, 3.05) is 19.7 Å². The largest absolute Gasteiger partial charge is 0.465 e. The number of carbonyl (C=O) groups is 1. The van der Waals surface area contributed by atoms with Crippen LogP contribution in [-0.2, 0) is 11.2 Å². The van der Waals surface area contributed by atoms with Crippen molar-refractivity contribution in [3.8, 4) is 22.7 Å². The molecule has 1 N–H and O–H groups in total. The summed E-state index contributed by atoms with van der Waals surface area (Å²) in [5.41, 5.74) is 1.93. The molecule has 1 unspecified atom stereocenters. The molecule has 4 heterocycles. The van der Waals surface area contributed by atoms with Crippen LogP contribution in [0.3, 0.4) is 0 Å². The fourth-order valence-corrected chi connectivity index (χ4v) is 4.16. The SMILES string of the molecule is Cc1ccn2c(CC3CN(C(=O)O)CCO3)c(-c3c(F)cc(-c4nnc(C)o4)cc3F)nc2c1. The predicted octanol–water partition coefficient (Wildman–Crippen LogP) is 3.87. The molecule has 0 spiro atoms. The van der Waals surface area contributed by atoms with Crippen LogP contribution in [0, 0.1) is 25.5 Å². The van der Waals surface area contributed by atoms with E-state index in [-0.39, 0.29) is 54.7 Å². The lowest BCUT2D eigenvalue weighted by Gasteiger charge is -2.31. The number of carboxylic acid groups (broad SMARTS) is 1. The summed E-state index contributed by atoms with van der Waals surface area (Å²) in [5, 5.41) is 16.9. The van der Waals surface area contributed by atoms with Crippen molar-refractivity contribution in [1.82, 2.24) is 24.5 Å². The van der Waals surface area contributed by atoms with Crippen molar-refractivity contribution in [3.63, 3.8) is 0 Å². The molecule has 1 aliphatic heterocycles. The number of rotatable bonds is 4. The number of aryl methyl sites for hydroxylation is 2. The van der Waals surface area contributed by atoms with Crippen LogP contribution in [0.15, 0.2) is 34.9 Å². The van der Waals surface area contributed by atoms with Crippen LogP contribution in [0.5, 0.6) is 0 Å². The topological polar surface area (TPSA) is 106 Å². The smallest absolute Gasteiger partial charge is 0.407 e. The van der Waals surface area contributed by atoms with Gasteiger partial charge in [0.05, 0.1) is 36.2 Å². The Morgan fingerprint density at radius 3 is 2.65 bits per heavy atom. The van der Waals surface area contributed by atoms with Gasteiger partial charge in [0.2, 0.25) is 11.8 Å². The number of hydrogen-bond donors (Lipinski definition) is 1. The third kappa shape index (κ3) is 3.98. The molecule has 0 saturated carbocycles. The zero-order valence-electron chi connectivity index (χ0n) is 18.5. The lowest BCUT2D eigenvalue weighted by atomic mass is 10.0. The van der Waals surface area contributed by atoms with E-state index in [1.807, 2.05) is 19.1 Å². The molecular weight excluding hydrogens is 448 g/mol. The highest BCUT2D eigenvalue weighted by molar-refractivity contribution is 5.71. The van der Waals surface area contributed by atoms with Crippen LogP contribution in [-0.4, -0.2) is 61.5 Å². The summed E-state index contributed by atoms with van der Waals surface area (Å²) in [6.07, 6.45) is 0.467. The fourth-order valence-electron chi connectivity index (χ4n) is 4.16. The van der Waals surface area contributed by atoms with E-state index in [4.69, 9.17) is 9.15 Å². The van der Waals surface area contributed by atoms with Gasteiger partial charge < -0.3 is 23.6 Å². The number of hydrogen-bond acceptors (Lipinski definition) is 6.